The van der Waals surface area contributed by atoms with Gasteiger partial charge in [0.2, 0.25) is 5.91 Å². The Morgan fingerprint density at radius 2 is 1.45 bits per heavy atom. The van der Waals surface area contributed by atoms with Gasteiger partial charge in [0.25, 0.3) is 5.91 Å². The number of halogens is 4. The van der Waals surface area contributed by atoms with Crippen LogP contribution in [0.2, 0.25) is 0 Å². The molecule has 0 heterocycles. The van der Waals surface area contributed by atoms with Gasteiger partial charge >= 0.3 is 6.61 Å². The molecule has 0 aliphatic carbocycles. The molecule has 0 aliphatic rings. The minimum atomic E-state index is -3.04. The van der Waals surface area contributed by atoms with Crippen LogP contribution in [0.4, 0.5) is 17.6 Å². The van der Waals surface area contributed by atoms with E-state index >= 15 is 0 Å². The van der Waals surface area contributed by atoms with Crippen molar-refractivity contribution in [3.63, 3.8) is 0 Å². The summed E-state index contributed by atoms with van der Waals surface area (Å²) in [5.41, 5.74) is 6.17. The number of nitrogens with zero attached hydrogens (tertiary/aromatic N) is 1. The van der Waals surface area contributed by atoms with Crippen molar-refractivity contribution >= 4 is 11.8 Å². The van der Waals surface area contributed by atoms with Crippen molar-refractivity contribution in [2.75, 3.05) is 0 Å². The molecule has 0 aliphatic heterocycles. The largest absolute Gasteiger partial charge is 0.435 e. The average molecular weight is 460 g/mol. The Hall–Kier alpha value is -3.88. The first-order chi connectivity index (χ1) is 15.7. The molecule has 9 heteroatoms. The number of carbonyl (C=O) groups excluding carboxylic acids is 2. The summed E-state index contributed by atoms with van der Waals surface area (Å²) in [5.74, 6) is -3.44. The first kappa shape index (κ1) is 23.8. The van der Waals surface area contributed by atoms with E-state index in [0.29, 0.717) is 11.6 Å². The van der Waals surface area contributed by atoms with Gasteiger partial charge in [-0.05, 0) is 54.4 Å². The molecule has 3 aromatic rings. The van der Waals surface area contributed by atoms with E-state index in [9.17, 15) is 27.2 Å². The zero-order valence-electron chi connectivity index (χ0n) is 17.4. The summed E-state index contributed by atoms with van der Waals surface area (Å²) in [6.45, 7) is -1.54. The third kappa shape index (κ3) is 5.68. The summed E-state index contributed by atoms with van der Waals surface area (Å²) in [4.78, 5) is 27.1. The molecule has 0 radical (unpaired) electrons. The van der Waals surface area contributed by atoms with Crippen LogP contribution in [0.15, 0.2) is 72.8 Å². The van der Waals surface area contributed by atoms with E-state index in [1.54, 1.807) is 30.3 Å². The Morgan fingerprint density at radius 3 is 1.97 bits per heavy atom. The van der Waals surface area contributed by atoms with Crippen LogP contribution in [0.25, 0.3) is 0 Å². The molecule has 3 aromatic carbocycles. The van der Waals surface area contributed by atoms with Crippen LogP contribution in [0.1, 0.15) is 40.5 Å². The van der Waals surface area contributed by atoms with Gasteiger partial charge in [-0.25, -0.2) is 8.78 Å². The van der Waals surface area contributed by atoms with Gasteiger partial charge in [-0.3, -0.25) is 9.59 Å². The summed E-state index contributed by atoms with van der Waals surface area (Å²) in [5, 5.41) is 0. The lowest BCUT2D eigenvalue weighted by Gasteiger charge is -2.35. The van der Waals surface area contributed by atoms with Crippen molar-refractivity contribution in [3.8, 4) is 5.75 Å². The van der Waals surface area contributed by atoms with E-state index in [1.165, 1.54) is 31.2 Å². The Labute approximate surface area is 187 Å². The minimum absolute atomic E-state index is 0.0301. The lowest BCUT2D eigenvalue weighted by atomic mass is 9.97. The van der Waals surface area contributed by atoms with Crippen molar-refractivity contribution in [1.82, 2.24) is 4.90 Å². The zero-order valence-corrected chi connectivity index (χ0v) is 17.4. The van der Waals surface area contributed by atoms with E-state index in [2.05, 4.69) is 4.74 Å². The molecular formula is C24H20F4N2O3. The summed E-state index contributed by atoms with van der Waals surface area (Å²) in [6.07, 6.45) is 0. The Morgan fingerprint density at radius 1 is 0.879 bits per heavy atom. The van der Waals surface area contributed by atoms with Crippen molar-refractivity contribution in [2.45, 2.75) is 25.6 Å². The molecule has 0 saturated carbocycles. The van der Waals surface area contributed by atoms with Gasteiger partial charge in [0, 0.05) is 11.6 Å². The highest BCUT2D eigenvalue weighted by molar-refractivity contribution is 5.98. The SMILES string of the molecule is C[C@H](c1cc(F)cc(F)c1)N(C(=O)c1ccc(OC(F)F)cc1)[C@@H](C(N)=O)c1ccccc1. The molecule has 5 nitrogen and oxygen atoms in total. The zero-order chi connectivity index (χ0) is 24.1. The van der Waals surface area contributed by atoms with Crippen molar-refractivity contribution in [1.29, 1.82) is 0 Å². The second-order valence-electron chi connectivity index (χ2n) is 7.21. The van der Waals surface area contributed by atoms with Crippen molar-refractivity contribution in [3.05, 3.63) is 101 Å². The summed E-state index contributed by atoms with van der Waals surface area (Å²) in [6, 6.07) is 13.5. The third-order valence-electron chi connectivity index (χ3n) is 5.01. The van der Waals surface area contributed by atoms with Crippen LogP contribution in [-0.4, -0.2) is 23.3 Å². The monoisotopic (exact) mass is 460 g/mol. The minimum Gasteiger partial charge on any atom is -0.435 e. The predicted octanol–water partition coefficient (Wildman–Crippen LogP) is 5.00. The average Bonchev–Trinajstić information content (AvgIpc) is 2.76. The van der Waals surface area contributed by atoms with Gasteiger partial charge in [0.15, 0.2) is 0 Å². The molecule has 3 rings (SSSR count). The summed E-state index contributed by atoms with van der Waals surface area (Å²) in [7, 11) is 0. The van der Waals surface area contributed by atoms with Gasteiger partial charge in [0.1, 0.15) is 23.4 Å². The lowest BCUT2D eigenvalue weighted by molar-refractivity contribution is -0.123. The Kier molecular flexibility index (Phi) is 7.32. The number of hydrogen-bond donors (Lipinski definition) is 1. The van der Waals surface area contributed by atoms with Crippen LogP contribution >= 0.6 is 0 Å². The molecule has 0 saturated heterocycles. The van der Waals surface area contributed by atoms with Crippen LogP contribution in [0.5, 0.6) is 5.75 Å². The molecule has 2 amide bonds. The summed E-state index contributed by atoms with van der Waals surface area (Å²) >= 11 is 0. The molecule has 2 N–H and O–H groups in total. The number of rotatable bonds is 8. The molecule has 0 unspecified atom stereocenters. The van der Waals surface area contributed by atoms with Gasteiger partial charge in [-0.2, -0.15) is 8.78 Å². The van der Waals surface area contributed by atoms with Crippen LogP contribution in [0.3, 0.4) is 0 Å². The highest BCUT2D eigenvalue weighted by Gasteiger charge is 2.35. The van der Waals surface area contributed by atoms with Crippen LogP contribution in [0, 0.1) is 11.6 Å². The fraction of sp³-hybridized carbons (Fsp3) is 0.167. The highest BCUT2D eigenvalue weighted by Crippen LogP contribution is 2.33. The standard InChI is InChI=1S/C24H20F4N2O3/c1-14(17-11-18(25)13-19(26)12-17)30(21(22(29)31)15-5-3-2-4-6-15)23(32)16-7-9-20(10-8-16)33-24(27)28/h2-14,21,24H,1H3,(H2,29,31)/t14-,21-/m1/s1. The molecule has 2 atom stereocenters. The van der Waals surface area contributed by atoms with Gasteiger partial charge < -0.3 is 15.4 Å². The topological polar surface area (TPSA) is 72.6 Å². The molecule has 0 aromatic heterocycles. The van der Waals surface area contributed by atoms with Crippen molar-refractivity contribution < 1.29 is 31.9 Å². The molecule has 172 valence electrons. The number of alkyl halides is 2. The Balaban J connectivity index is 2.09. The number of hydrogen-bond acceptors (Lipinski definition) is 3. The molecular weight excluding hydrogens is 440 g/mol. The number of carbonyl (C=O) groups is 2. The maximum absolute atomic E-state index is 13.9. The van der Waals surface area contributed by atoms with Gasteiger partial charge in [0.05, 0.1) is 6.04 Å². The van der Waals surface area contributed by atoms with E-state index in [1.807, 2.05) is 0 Å². The number of ether oxygens (including phenoxy) is 1. The first-order valence-corrected chi connectivity index (χ1v) is 9.85. The third-order valence-corrected chi connectivity index (χ3v) is 5.01. The van der Waals surface area contributed by atoms with E-state index < -0.39 is 42.1 Å². The highest BCUT2D eigenvalue weighted by atomic mass is 19.3. The normalized spacial score (nSPS) is 12.8. The van der Waals surface area contributed by atoms with Crippen LogP contribution < -0.4 is 10.5 Å². The number of amides is 2. The van der Waals surface area contributed by atoms with Gasteiger partial charge in [-0.1, -0.05) is 30.3 Å². The second-order valence-corrected chi connectivity index (χ2v) is 7.21. The Bertz CT molecular complexity index is 1100. The predicted molar refractivity (Wildman–Crippen MR) is 112 cm³/mol. The molecule has 0 fully saturated rings. The quantitative estimate of drug-likeness (QED) is 0.481. The number of nitrogens with two attached hydrogens (primary N) is 1. The van der Waals surface area contributed by atoms with E-state index in [-0.39, 0.29) is 16.9 Å². The fourth-order valence-electron chi connectivity index (χ4n) is 3.52. The lowest BCUT2D eigenvalue weighted by Crippen LogP contribution is -2.43. The van der Waals surface area contributed by atoms with E-state index in [0.717, 1.165) is 17.0 Å². The first-order valence-electron chi connectivity index (χ1n) is 9.85. The maximum atomic E-state index is 13.9. The number of primary amides is 1. The molecule has 0 bridgehead atoms. The van der Waals surface area contributed by atoms with Crippen molar-refractivity contribution in [2.24, 2.45) is 5.73 Å². The molecule has 0 spiro atoms. The maximum Gasteiger partial charge on any atom is 0.387 e. The fourth-order valence-corrected chi connectivity index (χ4v) is 3.52. The summed E-state index contributed by atoms with van der Waals surface area (Å²) < 4.78 is 57.0. The second kappa shape index (κ2) is 10.2. The molecule has 33 heavy (non-hydrogen) atoms. The number of benzene rings is 3. The van der Waals surface area contributed by atoms with E-state index in [4.69, 9.17) is 5.73 Å². The van der Waals surface area contributed by atoms with Gasteiger partial charge in [-0.15, -0.1) is 0 Å². The van der Waals surface area contributed by atoms with Crippen LogP contribution in [-0.2, 0) is 4.79 Å². The smallest absolute Gasteiger partial charge is 0.387 e.